The molecule has 2 heterocycles. The Labute approximate surface area is 141 Å². The van der Waals surface area contributed by atoms with Gasteiger partial charge in [-0.3, -0.25) is 4.57 Å². The molecule has 0 aliphatic carbocycles. The van der Waals surface area contributed by atoms with E-state index in [2.05, 4.69) is 4.98 Å². The Balaban J connectivity index is 1.51. The highest BCUT2D eigenvalue weighted by molar-refractivity contribution is 7.09. The van der Waals surface area contributed by atoms with E-state index in [1.807, 2.05) is 53.9 Å². The molecule has 0 fully saturated rings. The van der Waals surface area contributed by atoms with Crippen LogP contribution in [0.25, 0.3) is 11.1 Å². The van der Waals surface area contributed by atoms with E-state index < -0.39 is 0 Å². The third-order valence-corrected chi connectivity index (χ3v) is 4.47. The Bertz CT molecular complexity index is 1020. The zero-order chi connectivity index (χ0) is 16.4. The Hall–Kier alpha value is -2.86. The molecule has 0 amide bonds. The molecule has 4 aromatic rings. The van der Waals surface area contributed by atoms with E-state index >= 15 is 0 Å². The topological polar surface area (TPSA) is 57.3 Å². The maximum atomic E-state index is 12.0. The summed E-state index contributed by atoms with van der Waals surface area (Å²) in [7, 11) is 0. The maximum absolute atomic E-state index is 12.0. The highest BCUT2D eigenvalue weighted by Gasteiger charge is 2.11. The number of nitrogens with zero attached hydrogens (tertiary/aromatic N) is 2. The summed E-state index contributed by atoms with van der Waals surface area (Å²) in [5.74, 6) is 0.442. The number of para-hydroxylation sites is 3. The minimum Gasteiger partial charge on any atom is -0.486 e. The number of benzene rings is 2. The average molecular weight is 338 g/mol. The molecule has 0 bridgehead atoms. The molecule has 0 radical (unpaired) electrons. The van der Waals surface area contributed by atoms with Gasteiger partial charge in [-0.15, -0.1) is 11.3 Å². The van der Waals surface area contributed by atoms with Crippen molar-refractivity contribution in [3.05, 3.63) is 81.2 Å². The lowest BCUT2D eigenvalue weighted by Gasteiger charge is -2.02. The number of thiazole rings is 1. The van der Waals surface area contributed by atoms with Crippen molar-refractivity contribution in [2.24, 2.45) is 0 Å². The third-order valence-electron chi connectivity index (χ3n) is 3.60. The summed E-state index contributed by atoms with van der Waals surface area (Å²) in [5.41, 5.74) is 2.18. The summed E-state index contributed by atoms with van der Waals surface area (Å²) in [4.78, 5) is 16.5. The van der Waals surface area contributed by atoms with Gasteiger partial charge in [0.25, 0.3) is 0 Å². The molecule has 0 N–H and O–H groups in total. The van der Waals surface area contributed by atoms with Crippen molar-refractivity contribution in [3.63, 3.8) is 0 Å². The van der Waals surface area contributed by atoms with E-state index in [1.54, 1.807) is 10.6 Å². The zero-order valence-corrected chi connectivity index (χ0v) is 13.5. The van der Waals surface area contributed by atoms with Crippen LogP contribution in [0.2, 0.25) is 0 Å². The van der Waals surface area contributed by atoms with Crippen molar-refractivity contribution < 1.29 is 9.15 Å². The van der Waals surface area contributed by atoms with E-state index in [0.29, 0.717) is 18.7 Å². The second-order valence-electron chi connectivity index (χ2n) is 5.26. The minimum atomic E-state index is -0.369. The minimum absolute atomic E-state index is 0.369. The molecule has 0 saturated heterocycles. The fraction of sp³-hybridized carbons (Fsp3) is 0.111. The first-order valence-electron chi connectivity index (χ1n) is 7.49. The van der Waals surface area contributed by atoms with E-state index in [1.165, 1.54) is 11.3 Å². The highest BCUT2D eigenvalue weighted by atomic mass is 32.1. The monoisotopic (exact) mass is 338 g/mol. The predicted octanol–water partition coefficient (Wildman–Crippen LogP) is 3.68. The standard InChI is InChI=1S/C18H14N2O3S/c21-18-20(15-8-4-5-9-16(15)23-18)10-13-12-24-17(19-13)11-22-14-6-2-1-3-7-14/h1-9,12H,10-11H2. The maximum Gasteiger partial charge on any atom is 0.420 e. The van der Waals surface area contributed by atoms with Crippen molar-refractivity contribution in [1.29, 1.82) is 0 Å². The molecule has 24 heavy (non-hydrogen) atoms. The fourth-order valence-electron chi connectivity index (χ4n) is 2.48. The molecule has 0 saturated carbocycles. The van der Waals surface area contributed by atoms with Gasteiger partial charge in [0.2, 0.25) is 0 Å². The summed E-state index contributed by atoms with van der Waals surface area (Å²) in [6, 6.07) is 17.0. The number of hydrogen-bond acceptors (Lipinski definition) is 5. The SMILES string of the molecule is O=c1oc2ccccc2n1Cc1csc(COc2ccccc2)n1. The van der Waals surface area contributed by atoms with Gasteiger partial charge in [0.1, 0.15) is 17.4 Å². The van der Waals surface area contributed by atoms with Crippen molar-refractivity contribution in [3.8, 4) is 5.75 Å². The zero-order valence-electron chi connectivity index (χ0n) is 12.7. The van der Waals surface area contributed by atoms with Gasteiger partial charge in [-0.25, -0.2) is 9.78 Å². The summed E-state index contributed by atoms with van der Waals surface area (Å²) < 4.78 is 12.5. The lowest BCUT2D eigenvalue weighted by Crippen LogP contribution is -2.15. The first-order chi connectivity index (χ1) is 11.8. The summed E-state index contributed by atoms with van der Waals surface area (Å²) in [6.45, 7) is 0.799. The summed E-state index contributed by atoms with van der Waals surface area (Å²) in [6.07, 6.45) is 0. The molecule has 5 nitrogen and oxygen atoms in total. The molecule has 2 aromatic carbocycles. The number of ether oxygens (including phenoxy) is 1. The second-order valence-corrected chi connectivity index (χ2v) is 6.20. The lowest BCUT2D eigenvalue weighted by atomic mass is 10.3. The Morgan fingerprint density at radius 1 is 1.08 bits per heavy atom. The third kappa shape index (κ3) is 2.96. The number of rotatable bonds is 5. The molecule has 0 aliphatic heterocycles. The molecular weight excluding hydrogens is 324 g/mol. The largest absolute Gasteiger partial charge is 0.486 e. The Morgan fingerprint density at radius 2 is 1.88 bits per heavy atom. The first-order valence-corrected chi connectivity index (χ1v) is 8.37. The van der Waals surface area contributed by atoms with Gasteiger partial charge in [-0.2, -0.15) is 0 Å². The van der Waals surface area contributed by atoms with E-state index in [-0.39, 0.29) is 5.76 Å². The molecule has 0 atom stereocenters. The Morgan fingerprint density at radius 3 is 2.75 bits per heavy atom. The molecule has 120 valence electrons. The van der Waals surface area contributed by atoms with Crippen molar-refractivity contribution in [1.82, 2.24) is 9.55 Å². The van der Waals surface area contributed by atoms with Gasteiger partial charge in [0.05, 0.1) is 17.8 Å². The quantitative estimate of drug-likeness (QED) is 0.557. The molecule has 6 heteroatoms. The van der Waals surface area contributed by atoms with Crippen LogP contribution < -0.4 is 10.5 Å². The van der Waals surface area contributed by atoms with E-state index in [0.717, 1.165) is 22.0 Å². The molecule has 2 aromatic heterocycles. The van der Waals surface area contributed by atoms with E-state index in [4.69, 9.17) is 9.15 Å². The van der Waals surface area contributed by atoms with Crippen LogP contribution in [0, 0.1) is 0 Å². The predicted molar refractivity (Wildman–Crippen MR) is 92.5 cm³/mol. The fourth-order valence-corrected chi connectivity index (χ4v) is 3.17. The average Bonchev–Trinajstić information content (AvgIpc) is 3.19. The van der Waals surface area contributed by atoms with Crippen LogP contribution in [0.5, 0.6) is 5.75 Å². The van der Waals surface area contributed by atoms with Crippen molar-refractivity contribution >= 4 is 22.4 Å². The molecule has 0 spiro atoms. The molecule has 0 unspecified atom stereocenters. The van der Waals surface area contributed by atoms with Gasteiger partial charge in [-0.05, 0) is 24.3 Å². The van der Waals surface area contributed by atoms with Gasteiger partial charge >= 0.3 is 5.76 Å². The van der Waals surface area contributed by atoms with Crippen LogP contribution >= 0.6 is 11.3 Å². The van der Waals surface area contributed by atoms with Crippen LogP contribution in [0.3, 0.4) is 0 Å². The molecule has 4 rings (SSSR count). The van der Waals surface area contributed by atoms with Crippen molar-refractivity contribution in [2.75, 3.05) is 0 Å². The second kappa shape index (κ2) is 6.33. The summed E-state index contributed by atoms with van der Waals surface area (Å²) >= 11 is 1.52. The number of hydrogen-bond donors (Lipinski definition) is 0. The number of aromatic nitrogens is 2. The Kier molecular flexibility index (Phi) is 3.88. The number of oxazole rings is 1. The highest BCUT2D eigenvalue weighted by Crippen LogP contribution is 2.17. The van der Waals surface area contributed by atoms with Gasteiger partial charge < -0.3 is 9.15 Å². The normalized spacial score (nSPS) is 11.0. The van der Waals surface area contributed by atoms with E-state index in [9.17, 15) is 4.79 Å². The van der Waals surface area contributed by atoms with Gasteiger partial charge in [0.15, 0.2) is 5.58 Å². The van der Waals surface area contributed by atoms with Crippen LogP contribution in [0.1, 0.15) is 10.7 Å². The summed E-state index contributed by atoms with van der Waals surface area (Å²) in [5, 5.41) is 2.81. The molecule has 0 aliphatic rings. The first kappa shape index (κ1) is 14.7. The van der Waals surface area contributed by atoms with Crippen LogP contribution in [-0.2, 0) is 13.2 Å². The van der Waals surface area contributed by atoms with Crippen LogP contribution in [-0.4, -0.2) is 9.55 Å². The smallest absolute Gasteiger partial charge is 0.420 e. The van der Waals surface area contributed by atoms with Gasteiger partial charge in [0, 0.05) is 5.38 Å². The lowest BCUT2D eigenvalue weighted by molar-refractivity contribution is 0.305. The number of fused-ring (bicyclic) bond motifs is 1. The van der Waals surface area contributed by atoms with Gasteiger partial charge in [-0.1, -0.05) is 30.3 Å². The van der Waals surface area contributed by atoms with Crippen LogP contribution in [0.15, 0.2) is 69.2 Å². The van der Waals surface area contributed by atoms with Crippen molar-refractivity contribution in [2.45, 2.75) is 13.2 Å². The molecular formula is C18H14N2O3S. The van der Waals surface area contributed by atoms with Crippen LogP contribution in [0.4, 0.5) is 0 Å².